The van der Waals surface area contributed by atoms with Crippen molar-refractivity contribution >= 4 is 27.6 Å². The zero-order chi connectivity index (χ0) is 20.3. The highest BCUT2D eigenvalue weighted by Crippen LogP contribution is 2.30. The van der Waals surface area contributed by atoms with Gasteiger partial charge >= 0.3 is 5.97 Å². The Morgan fingerprint density at radius 3 is 2.68 bits per heavy atom. The molecule has 1 fully saturated rings. The first-order valence-corrected chi connectivity index (χ1v) is 11.7. The summed E-state index contributed by atoms with van der Waals surface area (Å²) in [6.07, 6.45) is 6.93. The second kappa shape index (κ2) is 8.51. The Balaban J connectivity index is 1.60. The van der Waals surface area contributed by atoms with Crippen LogP contribution in [0.3, 0.4) is 0 Å². The van der Waals surface area contributed by atoms with E-state index < -0.39 is 16.0 Å². The van der Waals surface area contributed by atoms with Crippen molar-refractivity contribution in [3.05, 3.63) is 29.3 Å². The molecule has 1 aromatic rings. The molecule has 3 rings (SSSR count). The molecular formula is C20H28N2O5S. The lowest BCUT2D eigenvalue weighted by Gasteiger charge is -2.29. The summed E-state index contributed by atoms with van der Waals surface area (Å²) in [6.45, 7) is 2.26. The lowest BCUT2D eigenvalue weighted by molar-refractivity contribution is -0.125. The lowest BCUT2D eigenvalue weighted by Crippen LogP contribution is -2.42. The third kappa shape index (κ3) is 4.84. The maximum atomic E-state index is 12.3. The maximum Gasteiger partial charge on any atom is 0.338 e. The number of anilines is 1. The Hall–Kier alpha value is -2.09. The summed E-state index contributed by atoms with van der Waals surface area (Å²) in [5.74, 6) is -0.425. The zero-order valence-corrected chi connectivity index (χ0v) is 17.3. The maximum absolute atomic E-state index is 12.3. The van der Waals surface area contributed by atoms with Gasteiger partial charge in [-0.15, -0.1) is 0 Å². The van der Waals surface area contributed by atoms with E-state index in [-0.39, 0.29) is 18.6 Å². The van der Waals surface area contributed by atoms with E-state index in [2.05, 4.69) is 12.2 Å². The van der Waals surface area contributed by atoms with Crippen molar-refractivity contribution in [3.8, 4) is 0 Å². The molecule has 1 N–H and O–H groups in total. The van der Waals surface area contributed by atoms with Gasteiger partial charge in [-0.2, -0.15) is 0 Å². The molecule has 0 radical (unpaired) electrons. The van der Waals surface area contributed by atoms with Gasteiger partial charge in [0.05, 0.1) is 17.5 Å². The van der Waals surface area contributed by atoms with Gasteiger partial charge in [-0.3, -0.25) is 9.10 Å². The van der Waals surface area contributed by atoms with Crippen molar-refractivity contribution in [1.29, 1.82) is 0 Å². The van der Waals surface area contributed by atoms with Crippen molar-refractivity contribution in [2.24, 2.45) is 5.92 Å². The van der Waals surface area contributed by atoms with E-state index >= 15 is 0 Å². The predicted octanol–water partition coefficient (Wildman–Crippen LogP) is 2.25. The number of fused-ring (bicyclic) bond motifs is 1. The van der Waals surface area contributed by atoms with E-state index in [1.807, 2.05) is 0 Å². The Kier molecular flexibility index (Phi) is 6.27. The van der Waals surface area contributed by atoms with Crippen LogP contribution in [0.5, 0.6) is 0 Å². The Morgan fingerprint density at radius 1 is 1.21 bits per heavy atom. The number of esters is 1. The average Bonchev–Trinajstić information content (AvgIpc) is 2.66. The molecule has 0 unspecified atom stereocenters. The summed E-state index contributed by atoms with van der Waals surface area (Å²) in [5, 5.41) is 2.96. The Labute approximate surface area is 166 Å². The number of hydrogen-bond acceptors (Lipinski definition) is 5. The summed E-state index contributed by atoms with van der Waals surface area (Å²) in [5.41, 5.74) is 1.73. The van der Waals surface area contributed by atoms with Crippen LogP contribution in [-0.4, -0.2) is 45.7 Å². The Morgan fingerprint density at radius 2 is 1.96 bits per heavy atom. The first kappa shape index (κ1) is 20.6. The van der Waals surface area contributed by atoms with Crippen LogP contribution in [-0.2, 0) is 26.0 Å². The van der Waals surface area contributed by atoms with Crippen molar-refractivity contribution in [1.82, 2.24) is 5.32 Å². The molecule has 1 amide bonds. The van der Waals surface area contributed by atoms with Crippen LogP contribution in [0.4, 0.5) is 5.69 Å². The fourth-order valence-corrected chi connectivity index (χ4v) is 5.02. The summed E-state index contributed by atoms with van der Waals surface area (Å²) in [7, 11) is -3.35. The van der Waals surface area contributed by atoms with E-state index in [9.17, 15) is 18.0 Å². The quantitative estimate of drug-likeness (QED) is 0.755. The van der Waals surface area contributed by atoms with Gasteiger partial charge in [-0.1, -0.05) is 19.8 Å². The van der Waals surface area contributed by atoms with Crippen molar-refractivity contribution in [3.63, 3.8) is 0 Å². The predicted molar refractivity (Wildman–Crippen MR) is 107 cm³/mol. The average molecular weight is 409 g/mol. The topological polar surface area (TPSA) is 92.8 Å². The van der Waals surface area contributed by atoms with E-state index in [1.54, 1.807) is 18.2 Å². The van der Waals surface area contributed by atoms with Crippen LogP contribution >= 0.6 is 0 Å². The number of carbonyl (C=O) groups is 2. The van der Waals surface area contributed by atoms with Crippen LogP contribution in [0.1, 0.15) is 54.9 Å². The molecule has 7 nitrogen and oxygen atoms in total. The van der Waals surface area contributed by atoms with Gasteiger partial charge in [0.2, 0.25) is 10.0 Å². The number of hydrogen-bond donors (Lipinski definition) is 1. The molecule has 0 spiro atoms. The monoisotopic (exact) mass is 408 g/mol. The summed E-state index contributed by atoms with van der Waals surface area (Å²) in [4.78, 5) is 24.5. The van der Waals surface area contributed by atoms with Crippen molar-refractivity contribution < 1.29 is 22.7 Å². The Bertz CT molecular complexity index is 852. The van der Waals surface area contributed by atoms with E-state index in [1.165, 1.54) is 17.0 Å². The molecule has 2 aliphatic rings. The molecule has 0 bridgehead atoms. The van der Waals surface area contributed by atoms with Gasteiger partial charge < -0.3 is 10.1 Å². The molecule has 1 heterocycles. The highest BCUT2D eigenvalue weighted by molar-refractivity contribution is 7.92. The molecule has 2 atom stereocenters. The number of nitrogens with zero attached hydrogens (tertiary/aromatic N) is 1. The van der Waals surface area contributed by atoms with Crippen LogP contribution in [0.2, 0.25) is 0 Å². The molecule has 1 aliphatic carbocycles. The van der Waals surface area contributed by atoms with Gasteiger partial charge in [-0.25, -0.2) is 13.2 Å². The first-order chi connectivity index (χ1) is 13.3. The van der Waals surface area contributed by atoms with E-state index in [0.29, 0.717) is 36.6 Å². The molecule has 0 saturated heterocycles. The largest absolute Gasteiger partial charge is 0.452 e. The highest BCUT2D eigenvalue weighted by Gasteiger charge is 2.26. The van der Waals surface area contributed by atoms with Gasteiger partial charge in [0, 0.05) is 12.6 Å². The third-order valence-corrected chi connectivity index (χ3v) is 6.76. The standard InChI is InChI=1S/C20H28N2O5S/c1-14-6-3-4-8-17(14)21-19(23)13-27-20(24)16-9-10-18-15(12-16)7-5-11-22(18)28(2,25)26/h9-10,12,14,17H,3-8,11,13H2,1-2H3,(H,21,23)/t14-,17-/m1/s1. The molecular weight excluding hydrogens is 380 g/mol. The highest BCUT2D eigenvalue weighted by atomic mass is 32.2. The molecule has 28 heavy (non-hydrogen) atoms. The number of rotatable bonds is 5. The minimum Gasteiger partial charge on any atom is -0.452 e. The fraction of sp³-hybridized carbons (Fsp3) is 0.600. The van der Waals surface area contributed by atoms with Gasteiger partial charge in [0.25, 0.3) is 5.91 Å². The number of ether oxygens (including phenoxy) is 1. The van der Waals surface area contributed by atoms with Gasteiger partial charge in [-0.05, 0) is 55.4 Å². The van der Waals surface area contributed by atoms with Crippen molar-refractivity contribution in [2.45, 2.75) is 51.5 Å². The summed E-state index contributed by atoms with van der Waals surface area (Å²) in [6, 6.07) is 4.99. The minimum absolute atomic E-state index is 0.144. The van der Waals surface area contributed by atoms with Crippen LogP contribution in [0.25, 0.3) is 0 Å². The normalized spacial score (nSPS) is 22.3. The SMILES string of the molecule is C[C@@H]1CCCC[C@H]1NC(=O)COC(=O)c1ccc2c(c1)CCCN2S(C)(=O)=O. The first-order valence-electron chi connectivity index (χ1n) is 9.83. The van der Waals surface area contributed by atoms with Gasteiger partial charge in [0.15, 0.2) is 6.61 Å². The second-order valence-electron chi connectivity index (χ2n) is 7.79. The van der Waals surface area contributed by atoms with E-state index in [0.717, 1.165) is 24.8 Å². The molecule has 1 aliphatic heterocycles. The second-order valence-corrected chi connectivity index (χ2v) is 9.70. The summed E-state index contributed by atoms with van der Waals surface area (Å²) < 4.78 is 30.4. The lowest BCUT2D eigenvalue weighted by atomic mass is 9.86. The zero-order valence-electron chi connectivity index (χ0n) is 16.4. The molecule has 0 aromatic heterocycles. The van der Waals surface area contributed by atoms with Crippen molar-refractivity contribution in [2.75, 3.05) is 23.7 Å². The van der Waals surface area contributed by atoms with Crippen LogP contribution < -0.4 is 9.62 Å². The molecule has 1 saturated carbocycles. The molecule has 1 aromatic carbocycles. The third-order valence-electron chi connectivity index (χ3n) is 5.58. The van der Waals surface area contributed by atoms with Gasteiger partial charge in [0.1, 0.15) is 0 Å². The number of aryl methyl sites for hydroxylation is 1. The van der Waals surface area contributed by atoms with Crippen LogP contribution in [0, 0.1) is 5.92 Å². The minimum atomic E-state index is -3.35. The van der Waals surface area contributed by atoms with E-state index in [4.69, 9.17) is 4.74 Å². The number of benzene rings is 1. The molecule has 8 heteroatoms. The van der Waals surface area contributed by atoms with Crippen LogP contribution in [0.15, 0.2) is 18.2 Å². The number of carbonyl (C=O) groups excluding carboxylic acids is 2. The number of amides is 1. The fourth-order valence-electron chi connectivity index (χ4n) is 4.03. The smallest absolute Gasteiger partial charge is 0.338 e. The summed E-state index contributed by atoms with van der Waals surface area (Å²) >= 11 is 0. The molecule has 154 valence electrons. The number of sulfonamides is 1. The number of nitrogens with one attached hydrogen (secondary N) is 1.